The number of nitrogens with zero attached hydrogens (tertiary/aromatic N) is 1. The van der Waals surface area contributed by atoms with Crippen LogP contribution in [0.4, 0.5) is 11.4 Å². The van der Waals surface area contributed by atoms with Crippen molar-refractivity contribution in [3.05, 3.63) is 47.5 Å². The fourth-order valence-electron chi connectivity index (χ4n) is 2.99. The Morgan fingerprint density at radius 3 is 2.28 bits per heavy atom. The Morgan fingerprint density at radius 1 is 1.14 bits per heavy atom. The largest absolute Gasteiger partial charge is 0.495 e. The van der Waals surface area contributed by atoms with Gasteiger partial charge in [-0.25, -0.2) is 21.1 Å². The lowest BCUT2D eigenvalue weighted by molar-refractivity contribution is -0.123. The molecule has 2 aromatic rings. The zero-order chi connectivity index (χ0) is 21.6. The van der Waals surface area contributed by atoms with Crippen molar-refractivity contribution in [1.29, 1.82) is 0 Å². The first-order chi connectivity index (χ1) is 13.4. The third-order valence-electron chi connectivity index (χ3n) is 4.37. The van der Waals surface area contributed by atoms with E-state index in [4.69, 9.17) is 16.3 Å². The minimum absolute atomic E-state index is 0.0832. The average Bonchev–Trinajstić information content (AvgIpc) is 2.77. The van der Waals surface area contributed by atoms with Crippen molar-refractivity contribution < 1.29 is 26.4 Å². The number of carbonyl (C=O) groups excluding carboxylic acids is 1. The monoisotopic (exact) mass is 458 g/mol. The van der Waals surface area contributed by atoms with Crippen LogP contribution in [-0.2, 0) is 24.8 Å². The molecule has 2 aromatic carbocycles. The Bertz CT molecular complexity index is 1180. The summed E-state index contributed by atoms with van der Waals surface area (Å²) < 4.78 is 58.4. The average molecular weight is 459 g/mol. The topological polar surface area (TPSA) is 110 Å². The van der Waals surface area contributed by atoms with Gasteiger partial charge in [0, 0.05) is 5.02 Å². The van der Waals surface area contributed by atoms with E-state index < -0.39 is 31.4 Å². The first-order valence-electron chi connectivity index (χ1n) is 8.41. The number of benzene rings is 2. The maximum Gasteiger partial charge on any atom is 0.262 e. The predicted molar refractivity (Wildman–Crippen MR) is 110 cm³/mol. The predicted octanol–water partition coefficient (Wildman–Crippen LogP) is 2.85. The molecular weight excluding hydrogens is 440 g/mol. The molecule has 1 fully saturated rings. The first-order valence-corrected chi connectivity index (χ1v) is 11.9. The van der Waals surface area contributed by atoms with Gasteiger partial charge in [-0.1, -0.05) is 11.6 Å². The Balaban J connectivity index is 1.92. The molecule has 0 aliphatic carbocycles. The lowest BCUT2D eigenvalue weighted by Crippen LogP contribution is -2.32. The van der Waals surface area contributed by atoms with Crippen molar-refractivity contribution in [2.75, 3.05) is 21.9 Å². The van der Waals surface area contributed by atoms with Gasteiger partial charge >= 0.3 is 0 Å². The number of hydrogen-bond donors (Lipinski definition) is 1. The van der Waals surface area contributed by atoms with Crippen molar-refractivity contribution in [2.45, 2.75) is 18.7 Å². The minimum Gasteiger partial charge on any atom is -0.495 e. The summed E-state index contributed by atoms with van der Waals surface area (Å²) in [7, 11) is -6.44. The number of rotatable bonds is 5. The molecule has 0 aromatic heterocycles. The highest BCUT2D eigenvalue weighted by Gasteiger charge is 2.49. The quantitative estimate of drug-likeness (QED) is 0.737. The van der Waals surface area contributed by atoms with Gasteiger partial charge in [-0.3, -0.25) is 9.52 Å². The van der Waals surface area contributed by atoms with Gasteiger partial charge in [0.1, 0.15) is 5.75 Å². The highest BCUT2D eigenvalue weighted by molar-refractivity contribution is 7.94. The summed E-state index contributed by atoms with van der Waals surface area (Å²) in [5.41, 5.74) is -0.808. The molecule has 11 heteroatoms. The van der Waals surface area contributed by atoms with Gasteiger partial charge in [-0.15, -0.1) is 0 Å². The van der Waals surface area contributed by atoms with Crippen LogP contribution in [0.5, 0.6) is 5.75 Å². The number of amides is 1. The molecule has 0 spiro atoms. The smallest absolute Gasteiger partial charge is 0.262 e. The van der Waals surface area contributed by atoms with Crippen LogP contribution in [0.3, 0.4) is 0 Å². The van der Waals surface area contributed by atoms with E-state index in [0.717, 1.165) is 4.31 Å². The number of nitrogens with one attached hydrogen (secondary N) is 1. The molecule has 1 saturated heterocycles. The van der Waals surface area contributed by atoms with Crippen molar-refractivity contribution in [1.82, 2.24) is 0 Å². The lowest BCUT2D eigenvalue weighted by atomic mass is 9.95. The second-order valence-corrected chi connectivity index (χ2v) is 11.1. The maximum atomic E-state index is 12.7. The number of ether oxygens (including phenoxy) is 1. The Hall–Kier alpha value is -2.30. The molecule has 1 N–H and O–H groups in total. The zero-order valence-corrected chi connectivity index (χ0v) is 18.2. The van der Waals surface area contributed by atoms with Crippen molar-refractivity contribution >= 4 is 48.9 Å². The molecule has 0 radical (unpaired) electrons. The standard InChI is InChI=1S/C18H19ClN2O6S2/c1-18(2)11-28(23,24)21(17(18)22)13-5-7-14(8-6-13)29(25,26)20-15-10-12(19)4-9-16(15)27-3/h4-10,20H,11H2,1-3H3. The van der Waals surface area contributed by atoms with Gasteiger partial charge in [-0.05, 0) is 56.3 Å². The summed E-state index contributed by atoms with van der Waals surface area (Å²) in [4.78, 5) is 12.3. The van der Waals surface area contributed by atoms with Crippen LogP contribution in [0.25, 0.3) is 0 Å². The number of halogens is 1. The number of hydrogen-bond acceptors (Lipinski definition) is 6. The maximum absolute atomic E-state index is 12.7. The normalized spacial score (nSPS) is 17.9. The van der Waals surface area contributed by atoms with Gasteiger partial charge in [0.25, 0.3) is 10.0 Å². The van der Waals surface area contributed by atoms with E-state index in [0.29, 0.717) is 5.02 Å². The highest BCUT2D eigenvalue weighted by atomic mass is 35.5. The molecule has 0 unspecified atom stereocenters. The van der Waals surface area contributed by atoms with Gasteiger partial charge in [0.15, 0.2) is 0 Å². The SMILES string of the molecule is COc1ccc(Cl)cc1NS(=O)(=O)c1ccc(N2C(=O)C(C)(C)CS2(=O)=O)cc1. The van der Waals surface area contributed by atoms with Crippen LogP contribution < -0.4 is 13.8 Å². The van der Waals surface area contributed by atoms with Crippen molar-refractivity contribution in [3.63, 3.8) is 0 Å². The van der Waals surface area contributed by atoms with Crippen LogP contribution >= 0.6 is 11.6 Å². The van der Waals surface area contributed by atoms with Crippen LogP contribution in [0.1, 0.15) is 13.8 Å². The second kappa shape index (κ2) is 7.19. The third kappa shape index (κ3) is 4.05. The molecule has 8 nitrogen and oxygen atoms in total. The zero-order valence-electron chi connectivity index (χ0n) is 15.8. The summed E-state index contributed by atoms with van der Waals surface area (Å²) in [6, 6.07) is 9.49. The van der Waals surface area contributed by atoms with Crippen LogP contribution in [-0.4, -0.2) is 35.6 Å². The molecule has 0 bridgehead atoms. The van der Waals surface area contributed by atoms with Crippen LogP contribution in [0.15, 0.2) is 47.4 Å². The Morgan fingerprint density at radius 2 is 1.76 bits per heavy atom. The lowest BCUT2D eigenvalue weighted by Gasteiger charge is -2.18. The van der Waals surface area contributed by atoms with E-state index in [1.54, 1.807) is 19.9 Å². The Labute approximate surface area is 174 Å². The minimum atomic E-state index is -4.01. The van der Waals surface area contributed by atoms with E-state index in [1.165, 1.54) is 43.5 Å². The van der Waals surface area contributed by atoms with Gasteiger partial charge in [0.05, 0.1) is 34.5 Å². The van der Waals surface area contributed by atoms with E-state index in [-0.39, 0.29) is 27.8 Å². The fourth-order valence-corrected chi connectivity index (χ4v) is 6.33. The van der Waals surface area contributed by atoms with Crippen LogP contribution in [0.2, 0.25) is 5.02 Å². The highest BCUT2D eigenvalue weighted by Crippen LogP contribution is 2.36. The molecule has 3 rings (SSSR count). The van der Waals surface area contributed by atoms with Gasteiger partial charge < -0.3 is 4.74 Å². The number of anilines is 2. The van der Waals surface area contributed by atoms with E-state index in [1.807, 2.05) is 0 Å². The number of methoxy groups -OCH3 is 1. The molecule has 0 atom stereocenters. The molecule has 1 aliphatic rings. The fraction of sp³-hybridized carbons (Fsp3) is 0.278. The van der Waals surface area contributed by atoms with Crippen LogP contribution in [0, 0.1) is 5.41 Å². The first kappa shape index (κ1) is 21.4. The molecule has 0 saturated carbocycles. The van der Waals surface area contributed by atoms with E-state index in [9.17, 15) is 21.6 Å². The van der Waals surface area contributed by atoms with Crippen molar-refractivity contribution in [3.8, 4) is 5.75 Å². The second-order valence-electron chi connectivity index (χ2n) is 7.15. The summed E-state index contributed by atoms with van der Waals surface area (Å²) in [6.07, 6.45) is 0. The third-order valence-corrected chi connectivity index (χ3v) is 8.01. The van der Waals surface area contributed by atoms with Gasteiger partial charge in [-0.2, -0.15) is 0 Å². The van der Waals surface area contributed by atoms with Crippen molar-refractivity contribution in [2.24, 2.45) is 5.41 Å². The molecule has 29 heavy (non-hydrogen) atoms. The Kier molecular flexibility index (Phi) is 5.31. The van der Waals surface area contributed by atoms with E-state index >= 15 is 0 Å². The number of sulfonamides is 2. The molecule has 1 aliphatic heterocycles. The summed E-state index contributed by atoms with van der Waals surface area (Å²) in [5.74, 6) is -0.588. The molecule has 1 amide bonds. The summed E-state index contributed by atoms with van der Waals surface area (Å²) >= 11 is 5.92. The molecule has 1 heterocycles. The molecular formula is C18H19ClN2O6S2. The summed E-state index contributed by atoms with van der Waals surface area (Å²) in [6.45, 7) is 3.10. The number of carbonyl (C=O) groups is 1. The van der Waals surface area contributed by atoms with Gasteiger partial charge in [0.2, 0.25) is 15.9 Å². The van der Waals surface area contributed by atoms with E-state index in [2.05, 4.69) is 4.72 Å². The molecule has 156 valence electrons. The summed E-state index contributed by atoms with van der Waals surface area (Å²) in [5, 5.41) is 0.319.